The molecule has 0 aliphatic carbocycles. The molecule has 2 rings (SSSR count). The third-order valence-corrected chi connectivity index (χ3v) is 13.0. The molecule has 0 radical (unpaired) electrons. The second-order valence-corrected chi connectivity index (χ2v) is 30.0. The Morgan fingerprint density at radius 2 is 1.16 bits per heavy atom. The van der Waals surface area contributed by atoms with E-state index in [9.17, 15) is 4.79 Å². The van der Waals surface area contributed by atoms with Gasteiger partial charge in [0.15, 0.2) is 0 Å². The van der Waals surface area contributed by atoms with Crippen molar-refractivity contribution in [3.63, 3.8) is 0 Å². The molecule has 25 heavy (non-hydrogen) atoms. The molecular weight excluding hydrogens is 429 g/mol. The summed E-state index contributed by atoms with van der Waals surface area (Å²) in [5.74, 6) is 13.6. The molecule has 0 aliphatic heterocycles. The predicted octanol–water partition coefficient (Wildman–Crippen LogP) is 4.54. The van der Waals surface area contributed by atoms with Gasteiger partial charge in [0, 0.05) is 0 Å². The Morgan fingerprint density at radius 3 is 1.52 bits per heavy atom. The summed E-state index contributed by atoms with van der Waals surface area (Å²) in [6.07, 6.45) is 0. The normalized spacial score (nSPS) is 12.1. The molecule has 0 amide bonds. The first kappa shape index (κ1) is 20.1. The Kier molecular flexibility index (Phi) is 5.74. The number of carboxylic acids is 1. The summed E-state index contributed by atoms with van der Waals surface area (Å²) in [5, 5.41) is 9.07. The molecular formula is C21H28Ge2O2. The van der Waals surface area contributed by atoms with Gasteiger partial charge in [-0.25, -0.2) is 0 Å². The van der Waals surface area contributed by atoms with Crippen LogP contribution >= 0.6 is 0 Å². The van der Waals surface area contributed by atoms with E-state index < -0.39 is 32.5 Å². The van der Waals surface area contributed by atoms with Gasteiger partial charge in [-0.15, -0.1) is 0 Å². The van der Waals surface area contributed by atoms with Gasteiger partial charge in [-0.1, -0.05) is 0 Å². The van der Waals surface area contributed by atoms with Crippen LogP contribution in [0.4, 0.5) is 0 Å². The van der Waals surface area contributed by atoms with Crippen molar-refractivity contribution in [2.75, 3.05) is 0 Å². The van der Waals surface area contributed by atoms with E-state index in [4.69, 9.17) is 5.11 Å². The van der Waals surface area contributed by atoms with Crippen LogP contribution in [-0.2, 0) is 0 Å². The summed E-state index contributed by atoms with van der Waals surface area (Å²) in [7, 11) is 0. The van der Waals surface area contributed by atoms with Crippen LogP contribution in [0.15, 0.2) is 49.0 Å². The Balaban J connectivity index is 2.53. The Bertz CT molecular complexity index is 775. The summed E-state index contributed by atoms with van der Waals surface area (Å²) >= 11 is -3.93. The van der Waals surface area contributed by atoms with Gasteiger partial charge in [-0.2, -0.15) is 0 Å². The average Bonchev–Trinajstić information content (AvgIpc) is 2.52. The molecule has 4 heteroatoms. The molecule has 0 heterocycles. The van der Waals surface area contributed by atoms with E-state index >= 15 is 0 Å². The fourth-order valence-electron chi connectivity index (χ4n) is 2.65. The van der Waals surface area contributed by atoms with Crippen molar-refractivity contribution in [2.45, 2.75) is 34.5 Å². The number of aromatic carboxylic acids is 1. The van der Waals surface area contributed by atoms with Crippen LogP contribution in [0, 0.1) is 0 Å². The second-order valence-electron chi connectivity index (χ2n) is 8.66. The summed E-state index contributed by atoms with van der Waals surface area (Å²) in [4.78, 5) is 11.1. The third kappa shape index (κ3) is 4.88. The van der Waals surface area contributed by atoms with Crippen LogP contribution in [0.1, 0.15) is 21.5 Å². The molecule has 0 atom stereocenters. The molecule has 0 bridgehead atoms. The van der Waals surface area contributed by atoms with Crippen LogP contribution in [0.2, 0.25) is 34.5 Å². The molecule has 2 aromatic rings. The van der Waals surface area contributed by atoms with Crippen molar-refractivity contribution in [1.82, 2.24) is 0 Å². The van der Waals surface area contributed by atoms with E-state index in [1.165, 1.54) is 14.4 Å². The van der Waals surface area contributed by atoms with E-state index in [2.05, 4.69) is 59.3 Å². The zero-order valence-electron chi connectivity index (χ0n) is 16.1. The van der Waals surface area contributed by atoms with Crippen LogP contribution in [-0.4, -0.2) is 37.6 Å². The average molecular weight is 458 g/mol. The summed E-state index contributed by atoms with van der Waals surface area (Å²) in [6.45, 7) is 4.31. The monoisotopic (exact) mass is 460 g/mol. The number of hydrogen-bond donors (Lipinski definition) is 1. The van der Waals surface area contributed by atoms with E-state index in [1.54, 1.807) is 12.1 Å². The Morgan fingerprint density at radius 1 is 0.760 bits per heavy atom. The molecule has 1 N–H and O–H groups in total. The molecule has 2 aromatic carbocycles. The number of rotatable bonds is 5. The molecule has 132 valence electrons. The van der Waals surface area contributed by atoms with Gasteiger partial charge in [0.1, 0.15) is 0 Å². The topological polar surface area (TPSA) is 37.3 Å². The van der Waals surface area contributed by atoms with E-state index in [-0.39, 0.29) is 0 Å². The van der Waals surface area contributed by atoms with Gasteiger partial charge in [0.05, 0.1) is 0 Å². The number of carboxylic acid groups (broad SMARTS) is 1. The standard InChI is InChI=1S/C21H28Ge2O2/c1-15(16-8-10-17(11-9-16)21(24)25)18-12-19(22(2,3)4)14-20(13-18)23(5,6)7/h8-14H,1H2,2-7H3,(H,24,25). The molecule has 2 nitrogen and oxygen atoms in total. The van der Waals surface area contributed by atoms with Crippen molar-refractivity contribution in [3.8, 4) is 0 Å². The number of benzene rings is 2. The Hall–Kier alpha value is -1.26. The summed E-state index contributed by atoms with van der Waals surface area (Å²) < 4.78 is 3.02. The van der Waals surface area contributed by atoms with Crippen molar-refractivity contribution in [1.29, 1.82) is 0 Å². The molecule has 0 spiro atoms. The maximum absolute atomic E-state index is 11.1. The van der Waals surface area contributed by atoms with E-state index in [1.807, 2.05) is 12.1 Å². The number of hydrogen-bond acceptors (Lipinski definition) is 1. The van der Waals surface area contributed by atoms with Gasteiger partial charge in [0.25, 0.3) is 0 Å². The first-order chi connectivity index (χ1) is 11.4. The van der Waals surface area contributed by atoms with Crippen LogP contribution in [0.5, 0.6) is 0 Å². The fraction of sp³-hybridized carbons (Fsp3) is 0.286. The van der Waals surface area contributed by atoms with Crippen LogP contribution < -0.4 is 8.79 Å². The van der Waals surface area contributed by atoms with Gasteiger partial charge < -0.3 is 0 Å². The van der Waals surface area contributed by atoms with Gasteiger partial charge in [-0.05, 0) is 0 Å². The van der Waals surface area contributed by atoms with Gasteiger partial charge >= 0.3 is 157 Å². The molecule has 0 saturated heterocycles. The van der Waals surface area contributed by atoms with E-state index in [0.29, 0.717) is 5.56 Å². The number of carbonyl (C=O) groups is 1. The van der Waals surface area contributed by atoms with Gasteiger partial charge in [0.2, 0.25) is 0 Å². The van der Waals surface area contributed by atoms with Crippen molar-refractivity contribution < 1.29 is 9.90 Å². The van der Waals surface area contributed by atoms with E-state index in [0.717, 1.165) is 11.1 Å². The first-order valence-corrected chi connectivity index (χ1v) is 23.3. The third-order valence-electron chi connectivity index (χ3n) is 4.49. The zero-order valence-corrected chi connectivity index (χ0v) is 20.3. The van der Waals surface area contributed by atoms with Gasteiger partial charge in [-0.3, -0.25) is 0 Å². The predicted molar refractivity (Wildman–Crippen MR) is 114 cm³/mol. The molecule has 0 aromatic heterocycles. The van der Waals surface area contributed by atoms with Crippen molar-refractivity contribution >= 4 is 46.9 Å². The Labute approximate surface area is 156 Å². The SMILES string of the molecule is C=C(c1ccc(C(=O)O)cc1)c1c[c]([Ge]([CH3])([CH3])[CH3])c[c]([Ge]([CH3])([CH3])[CH3])c1. The van der Waals surface area contributed by atoms with Crippen molar-refractivity contribution in [2.24, 2.45) is 0 Å². The fourth-order valence-corrected chi connectivity index (χ4v) is 8.22. The minimum atomic E-state index is -1.96. The van der Waals surface area contributed by atoms with Crippen LogP contribution in [0.25, 0.3) is 5.57 Å². The summed E-state index contributed by atoms with van der Waals surface area (Å²) in [6, 6.07) is 14.1. The zero-order chi connectivity index (χ0) is 19.0. The molecule has 0 unspecified atom stereocenters. The second kappa shape index (κ2) is 7.16. The molecule has 0 fully saturated rings. The quantitative estimate of drug-likeness (QED) is 0.670. The maximum atomic E-state index is 11.1. The first-order valence-electron chi connectivity index (χ1n) is 8.58. The molecule has 0 saturated carbocycles. The molecule has 0 aliphatic rings. The minimum absolute atomic E-state index is 0.306. The van der Waals surface area contributed by atoms with Crippen LogP contribution in [0.3, 0.4) is 0 Å². The van der Waals surface area contributed by atoms with Crippen molar-refractivity contribution in [3.05, 3.63) is 65.7 Å². The summed E-state index contributed by atoms with van der Waals surface area (Å²) in [5.41, 5.74) is 3.44.